The molecule has 2 saturated heterocycles. The molecule has 0 aromatic heterocycles. The number of carbonyl (C=O) groups excluding carboxylic acids is 2. The number of nitrogens with two attached hydrogens (primary N) is 1. The zero-order valence-electron chi connectivity index (χ0n) is 7.21. The van der Waals surface area contributed by atoms with E-state index in [9.17, 15) is 9.59 Å². The highest BCUT2D eigenvalue weighted by atomic mass is 16.5. The third-order valence-electron chi connectivity index (χ3n) is 2.85. The van der Waals surface area contributed by atoms with Gasteiger partial charge >= 0.3 is 0 Å². The molecule has 2 aliphatic rings. The Bertz CT molecular complexity index is 258. The lowest BCUT2D eigenvalue weighted by Gasteiger charge is -2.24. The Kier molecular flexibility index (Phi) is 1.76. The van der Waals surface area contributed by atoms with Gasteiger partial charge in [0.1, 0.15) is 6.04 Å². The maximum absolute atomic E-state index is 11.1. The second kappa shape index (κ2) is 2.70. The predicted octanol–water partition coefficient (Wildman–Crippen LogP) is -1.23. The van der Waals surface area contributed by atoms with Crippen molar-refractivity contribution < 1.29 is 14.3 Å². The molecule has 5 nitrogen and oxygen atoms in total. The van der Waals surface area contributed by atoms with Crippen molar-refractivity contribution in [3.05, 3.63) is 0 Å². The fourth-order valence-corrected chi connectivity index (χ4v) is 2.15. The van der Waals surface area contributed by atoms with Gasteiger partial charge in [-0.1, -0.05) is 0 Å². The van der Waals surface area contributed by atoms with Gasteiger partial charge in [0, 0.05) is 18.4 Å². The van der Waals surface area contributed by atoms with Crippen LogP contribution in [0.5, 0.6) is 0 Å². The van der Waals surface area contributed by atoms with E-state index in [4.69, 9.17) is 10.5 Å². The maximum atomic E-state index is 11.1. The quantitative estimate of drug-likeness (QED) is 0.535. The molecule has 0 aromatic rings. The summed E-state index contributed by atoms with van der Waals surface area (Å²) in [5.41, 5.74) is 4.85. The highest BCUT2D eigenvalue weighted by molar-refractivity contribution is 5.91. The van der Waals surface area contributed by atoms with Gasteiger partial charge in [0.15, 0.2) is 0 Å². The molecule has 5 heteroatoms. The second-order valence-corrected chi connectivity index (χ2v) is 3.74. The normalized spacial score (nSPS) is 38.2. The zero-order chi connectivity index (χ0) is 9.47. The molecule has 0 radical (unpaired) electrons. The van der Waals surface area contributed by atoms with E-state index in [0.29, 0.717) is 19.6 Å². The van der Waals surface area contributed by atoms with E-state index in [1.807, 2.05) is 0 Å². The molecule has 2 amide bonds. The van der Waals surface area contributed by atoms with E-state index in [-0.39, 0.29) is 11.3 Å². The van der Waals surface area contributed by atoms with Crippen molar-refractivity contribution in [1.29, 1.82) is 0 Å². The number of primary amides is 1. The lowest BCUT2D eigenvalue weighted by molar-refractivity contribution is -0.124. The molecule has 72 valence electrons. The van der Waals surface area contributed by atoms with Crippen LogP contribution in [-0.2, 0) is 14.3 Å². The molecular formula is C8H12N2O3. The van der Waals surface area contributed by atoms with Crippen molar-refractivity contribution in [2.75, 3.05) is 13.2 Å². The molecule has 0 bridgehead atoms. The molecule has 2 aliphatic heterocycles. The number of carbonyl (C=O) groups is 2. The average molecular weight is 184 g/mol. The van der Waals surface area contributed by atoms with E-state index in [2.05, 4.69) is 5.32 Å². The summed E-state index contributed by atoms with van der Waals surface area (Å²) in [5, 5.41) is 2.59. The molecule has 2 unspecified atom stereocenters. The van der Waals surface area contributed by atoms with Gasteiger partial charge in [-0.05, 0) is 6.42 Å². The van der Waals surface area contributed by atoms with Crippen LogP contribution in [0.4, 0.5) is 0 Å². The lowest BCUT2D eigenvalue weighted by atomic mass is 9.79. The van der Waals surface area contributed by atoms with E-state index < -0.39 is 11.9 Å². The van der Waals surface area contributed by atoms with Crippen molar-refractivity contribution in [3.8, 4) is 0 Å². The third kappa shape index (κ3) is 1.19. The first kappa shape index (κ1) is 8.50. The molecule has 2 rings (SSSR count). The summed E-state index contributed by atoms with van der Waals surface area (Å²) in [4.78, 5) is 22.2. The van der Waals surface area contributed by atoms with Gasteiger partial charge < -0.3 is 15.8 Å². The smallest absolute Gasteiger partial charge is 0.240 e. The van der Waals surface area contributed by atoms with E-state index >= 15 is 0 Å². The van der Waals surface area contributed by atoms with Gasteiger partial charge in [-0.25, -0.2) is 0 Å². The van der Waals surface area contributed by atoms with E-state index in [0.717, 1.165) is 6.42 Å². The summed E-state index contributed by atoms with van der Waals surface area (Å²) in [6, 6.07) is -0.539. The Balaban J connectivity index is 2.25. The minimum Gasteiger partial charge on any atom is -0.381 e. The SMILES string of the molecule is NC(=O)C1NC(=O)CC12CCOC2. The van der Waals surface area contributed by atoms with Crippen LogP contribution in [0.15, 0.2) is 0 Å². The van der Waals surface area contributed by atoms with Crippen LogP contribution in [0.1, 0.15) is 12.8 Å². The highest BCUT2D eigenvalue weighted by Crippen LogP contribution is 2.39. The van der Waals surface area contributed by atoms with Gasteiger partial charge in [-0.2, -0.15) is 0 Å². The molecule has 0 saturated carbocycles. The van der Waals surface area contributed by atoms with Crippen LogP contribution in [0.25, 0.3) is 0 Å². The third-order valence-corrected chi connectivity index (χ3v) is 2.85. The molecule has 2 atom stereocenters. The summed E-state index contributed by atoms with van der Waals surface area (Å²) in [6.45, 7) is 1.07. The van der Waals surface area contributed by atoms with E-state index in [1.54, 1.807) is 0 Å². The van der Waals surface area contributed by atoms with Gasteiger partial charge in [0.25, 0.3) is 0 Å². The van der Waals surface area contributed by atoms with Crippen LogP contribution >= 0.6 is 0 Å². The summed E-state index contributed by atoms with van der Waals surface area (Å²) in [6.07, 6.45) is 1.10. The minimum atomic E-state index is -0.539. The van der Waals surface area contributed by atoms with Crippen LogP contribution in [0.2, 0.25) is 0 Å². The zero-order valence-corrected chi connectivity index (χ0v) is 7.21. The topological polar surface area (TPSA) is 81.4 Å². The van der Waals surface area contributed by atoms with E-state index in [1.165, 1.54) is 0 Å². The van der Waals surface area contributed by atoms with Gasteiger partial charge in [0.05, 0.1) is 6.61 Å². The first-order chi connectivity index (χ1) is 6.14. The van der Waals surface area contributed by atoms with Crippen molar-refractivity contribution in [3.63, 3.8) is 0 Å². The molecule has 2 heterocycles. The second-order valence-electron chi connectivity index (χ2n) is 3.74. The van der Waals surface area contributed by atoms with Crippen LogP contribution in [-0.4, -0.2) is 31.1 Å². The van der Waals surface area contributed by atoms with Gasteiger partial charge in [-0.15, -0.1) is 0 Å². The first-order valence-electron chi connectivity index (χ1n) is 4.30. The van der Waals surface area contributed by atoms with Crippen molar-refractivity contribution >= 4 is 11.8 Å². The molecule has 1 spiro atoms. The lowest BCUT2D eigenvalue weighted by Crippen LogP contribution is -2.47. The van der Waals surface area contributed by atoms with Crippen LogP contribution in [0.3, 0.4) is 0 Å². The summed E-state index contributed by atoms with van der Waals surface area (Å²) < 4.78 is 5.21. The number of hydrogen-bond acceptors (Lipinski definition) is 3. The number of ether oxygens (including phenoxy) is 1. The number of rotatable bonds is 1. The van der Waals surface area contributed by atoms with Gasteiger partial charge in [-0.3, -0.25) is 9.59 Å². The molecule has 13 heavy (non-hydrogen) atoms. The summed E-state index contributed by atoms with van der Waals surface area (Å²) >= 11 is 0. The molecule has 0 aromatic carbocycles. The number of amides is 2. The Labute approximate surface area is 75.6 Å². The van der Waals surface area contributed by atoms with Crippen LogP contribution < -0.4 is 11.1 Å². The van der Waals surface area contributed by atoms with Gasteiger partial charge in [0.2, 0.25) is 11.8 Å². The van der Waals surface area contributed by atoms with Crippen molar-refractivity contribution in [2.24, 2.45) is 11.1 Å². The fraction of sp³-hybridized carbons (Fsp3) is 0.750. The van der Waals surface area contributed by atoms with Crippen molar-refractivity contribution in [1.82, 2.24) is 5.32 Å². The van der Waals surface area contributed by atoms with Crippen molar-refractivity contribution in [2.45, 2.75) is 18.9 Å². The largest absolute Gasteiger partial charge is 0.381 e. The average Bonchev–Trinajstić information content (AvgIpc) is 2.60. The monoisotopic (exact) mass is 184 g/mol. The number of hydrogen-bond donors (Lipinski definition) is 2. The summed E-state index contributed by atoms with van der Waals surface area (Å²) in [5.74, 6) is -0.564. The maximum Gasteiger partial charge on any atom is 0.240 e. The van der Waals surface area contributed by atoms with Crippen LogP contribution in [0, 0.1) is 5.41 Å². The Morgan fingerprint density at radius 2 is 2.46 bits per heavy atom. The molecule has 0 aliphatic carbocycles. The first-order valence-corrected chi connectivity index (χ1v) is 4.30. The highest BCUT2D eigenvalue weighted by Gasteiger charge is 2.51. The fourth-order valence-electron chi connectivity index (χ4n) is 2.15. The molecule has 2 fully saturated rings. The standard InChI is InChI=1S/C8H12N2O3/c9-7(12)6-8(1-2-13-4-8)3-5(11)10-6/h6H,1-4H2,(H2,9,12)(H,10,11). The summed E-state index contributed by atoms with van der Waals surface area (Å²) in [7, 11) is 0. The molecule has 3 N–H and O–H groups in total. The number of nitrogens with one attached hydrogen (secondary N) is 1. The minimum absolute atomic E-state index is 0.102. The Morgan fingerprint density at radius 3 is 3.00 bits per heavy atom. The predicted molar refractivity (Wildman–Crippen MR) is 43.6 cm³/mol. The Morgan fingerprint density at radius 1 is 1.69 bits per heavy atom. The molecular weight excluding hydrogens is 172 g/mol. The Hall–Kier alpha value is -1.10.